The quantitative estimate of drug-likeness (QED) is 0.440. The summed E-state index contributed by atoms with van der Waals surface area (Å²) < 4.78 is 0. The summed E-state index contributed by atoms with van der Waals surface area (Å²) >= 11 is 0.915. The lowest BCUT2D eigenvalue weighted by atomic mass is 10.1. The maximum atomic E-state index is 12.1. The summed E-state index contributed by atoms with van der Waals surface area (Å²) in [6, 6.07) is 20.2. The van der Waals surface area contributed by atoms with E-state index in [2.05, 4.69) is 19.9 Å². The van der Waals surface area contributed by atoms with E-state index in [1.54, 1.807) is 24.5 Å². The summed E-state index contributed by atoms with van der Waals surface area (Å²) in [7, 11) is 0. The Morgan fingerprint density at radius 1 is 0.833 bits per heavy atom. The van der Waals surface area contributed by atoms with E-state index in [1.807, 2.05) is 54.6 Å². The van der Waals surface area contributed by atoms with Crippen LogP contribution in [0.3, 0.4) is 0 Å². The number of hydrogen-bond acceptors (Lipinski definition) is 6. The Morgan fingerprint density at radius 2 is 1.42 bits per heavy atom. The number of nitrogens with one attached hydrogen (secondary N) is 1. The highest BCUT2D eigenvalue weighted by molar-refractivity contribution is 8.12. The van der Waals surface area contributed by atoms with Gasteiger partial charge in [-0.3, -0.25) is 14.8 Å². The lowest BCUT2D eigenvalue weighted by molar-refractivity contribution is 0.108. The molecule has 1 N–H and O–H groups in total. The van der Waals surface area contributed by atoms with Crippen molar-refractivity contribution >= 4 is 22.8 Å². The Morgan fingerprint density at radius 3 is 1.96 bits per heavy atom. The molecule has 118 valence electrons. The Kier molecular flexibility index (Phi) is 5.32. The highest BCUT2D eigenvalue weighted by atomic mass is 32.2. The third-order valence-corrected chi connectivity index (χ3v) is 3.72. The van der Waals surface area contributed by atoms with Gasteiger partial charge in [-0.25, -0.2) is 4.83 Å². The van der Waals surface area contributed by atoms with Crippen molar-refractivity contribution in [3.63, 3.8) is 0 Å². The molecule has 0 unspecified atom stereocenters. The molecular weight excluding hydrogens is 320 g/mol. The maximum absolute atomic E-state index is 12.1. The van der Waals surface area contributed by atoms with E-state index in [1.165, 1.54) is 0 Å². The molecule has 0 fully saturated rings. The molecule has 0 aliphatic carbocycles. The molecule has 0 aliphatic rings. The molecule has 5 nitrogen and oxygen atoms in total. The van der Waals surface area contributed by atoms with Crippen LogP contribution in [-0.4, -0.2) is 20.8 Å². The van der Waals surface area contributed by atoms with Crippen LogP contribution in [0.25, 0.3) is 0 Å². The molecule has 0 aliphatic heterocycles. The number of hydrogen-bond donors (Lipinski definition) is 1. The molecule has 6 heteroatoms. The number of benzene rings is 1. The Bertz CT molecular complexity index is 782. The normalized spacial score (nSPS) is 10.0. The summed E-state index contributed by atoms with van der Waals surface area (Å²) in [6.07, 6.45) is 3.38. The zero-order chi connectivity index (χ0) is 16.6. The van der Waals surface area contributed by atoms with E-state index in [9.17, 15) is 4.79 Å². The van der Waals surface area contributed by atoms with Crippen LogP contribution in [0.5, 0.6) is 0 Å². The predicted octanol–water partition coefficient (Wildman–Crippen LogP) is 3.31. The molecule has 0 radical (unpaired) electrons. The van der Waals surface area contributed by atoms with E-state index >= 15 is 0 Å². The molecule has 0 bridgehead atoms. The van der Waals surface area contributed by atoms with Crippen molar-refractivity contribution in [1.82, 2.24) is 14.8 Å². The molecule has 3 rings (SSSR count). The minimum Gasteiger partial charge on any atom is -0.280 e. The van der Waals surface area contributed by atoms with E-state index in [0.29, 0.717) is 22.7 Å². The van der Waals surface area contributed by atoms with Crippen LogP contribution in [-0.2, 0) is 0 Å². The molecule has 3 aromatic rings. The largest absolute Gasteiger partial charge is 0.280 e. The summed E-state index contributed by atoms with van der Waals surface area (Å²) in [4.78, 5) is 23.5. The lowest BCUT2D eigenvalue weighted by Crippen LogP contribution is -2.12. The van der Waals surface area contributed by atoms with Gasteiger partial charge in [0.15, 0.2) is 0 Å². The zero-order valence-electron chi connectivity index (χ0n) is 12.7. The smallest absolute Gasteiger partial charge is 0.240 e. The third-order valence-electron chi connectivity index (χ3n) is 3.12. The highest BCUT2D eigenvalue weighted by Crippen LogP contribution is 2.10. The maximum Gasteiger partial charge on any atom is 0.240 e. The second-order valence-electron chi connectivity index (χ2n) is 4.74. The van der Waals surface area contributed by atoms with Gasteiger partial charge in [-0.05, 0) is 24.3 Å². The van der Waals surface area contributed by atoms with Crippen molar-refractivity contribution in [2.24, 2.45) is 5.10 Å². The van der Waals surface area contributed by atoms with Crippen LogP contribution in [0.15, 0.2) is 84.2 Å². The third kappa shape index (κ3) is 4.05. The molecule has 0 amide bonds. The lowest BCUT2D eigenvalue weighted by Gasteiger charge is -2.06. The molecule has 0 saturated heterocycles. The number of aromatic nitrogens is 2. The Labute approximate surface area is 144 Å². The average molecular weight is 334 g/mol. The van der Waals surface area contributed by atoms with Gasteiger partial charge in [0, 0.05) is 29.9 Å². The van der Waals surface area contributed by atoms with Crippen molar-refractivity contribution < 1.29 is 4.79 Å². The second kappa shape index (κ2) is 8.03. The van der Waals surface area contributed by atoms with Gasteiger partial charge in [0.25, 0.3) is 0 Å². The minimum atomic E-state index is -0.110. The summed E-state index contributed by atoms with van der Waals surface area (Å²) in [6.45, 7) is 0. The molecule has 2 heterocycles. The van der Waals surface area contributed by atoms with Crippen molar-refractivity contribution in [1.29, 1.82) is 0 Å². The van der Waals surface area contributed by atoms with E-state index < -0.39 is 0 Å². The molecule has 24 heavy (non-hydrogen) atoms. The van der Waals surface area contributed by atoms with Gasteiger partial charge in [-0.1, -0.05) is 42.5 Å². The van der Waals surface area contributed by atoms with Crippen LogP contribution >= 0.6 is 11.9 Å². The van der Waals surface area contributed by atoms with Crippen molar-refractivity contribution in [3.05, 3.63) is 96.1 Å². The first-order valence-corrected chi connectivity index (χ1v) is 8.08. The number of carbonyl (C=O) groups excluding carboxylic acids is 1. The highest BCUT2D eigenvalue weighted by Gasteiger charge is 2.10. The first kappa shape index (κ1) is 15.9. The van der Waals surface area contributed by atoms with E-state index in [4.69, 9.17) is 0 Å². The van der Waals surface area contributed by atoms with Gasteiger partial charge >= 0.3 is 0 Å². The van der Waals surface area contributed by atoms with E-state index in [0.717, 1.165) is 11.9 Å². The zero-order valence-corrected chi connectivity index (χ0v) is 13.5. The van der Waals surface area contributed by atoms with Crippen molar-refractivity contribution in [2.75, 3.05) is 0 Å². The standard InChI is InChI=1S/C18H14N4OS/c23-18(14-8-2-1-3-9-14)24-22-21-17(15-10-4-6-12-19-15)16-11-5-7-13-20-16/h1-13,22H. The molecule has 0 spiro atoms. The van der Waals surface area contributed by atoms with Crippen molar-refractivity contribution in [2.45, 2.75) is 0 Å². The topological polar surface area (TPSA) is 67.2 Å². The van der Waals surface area contributed by atoms with Crippen LogP contribution in [0.1, 0.15) is 21.7 Å². The fourth-order valence-electron chi connectivity index (χ4n) is 1.99. The van der Waals surface area contributed by atoms with Crippen LogP contribution in [0.4, 0.5) is 0 Å². The van der Waals surface area contributed by atoms with Gasteiger partial charge in [0.05, 0.1) is 11.4 Å². The molecular formula is C18H14N4OS. The predicted molar refractivity (Wildman–Crippen MR) is 95.6 cm³/mol. The van der Waals surface area contributed by atoms with E-state index in [-0.39, 0.29) is 5.12 Å². The average Bonchev–Trinajstić information content (AvgIpc) is 2.67. The number of rotatable bonds is 5. The number of nitrogens with zero attached hydrogens (tertiary/aromatic N) is 3. The first-order chi connectivity index (χ1) is 11.8. The van der Waals surface area contributed by atoms with Crippen LogP contribution in [0.2, 0.25) is 0 Å². The summed E-state index contributed by atoms with van der Waals surface area (Å²) in [5.41, 5.74) is 2.54. The first-order valence-electron chi connectivity index (χ1n) is 7.26. The molecule has 1 aromatic carbocycles. The number of hydrazone groups is 1. The minimum absolute atomic E-state index is 0.110. The number of pyridine rings is 2. The van der Waals surface area contributed by atoms with Gasteiger partial charge in [0.1, 0.15) is 5.71 Å². The molecule has 0 saturated carbocycles. The second-order valence-corrected chi connectivity index (χ2v) is 5.49. The van der Waals surface area contributed by atoms with Crippen LogP contribution < -0.4 is 4.83 Å². The van der Waals surface area contributed by atoms with Gasteiger partial charge in [-0.2, -0.15) is 5.10 Å². The Balaban J connectivity index is 1.79. The van der Waals surface area contributed by atoms with Gasteiger partial charge in [-0.15, -0.1) is 0 Å². The molecule has 2 aromatic heterocycles. The van der Waals surface area contributed by atoms with Gasteiger partial charge < -0.3 is 0 Å². The SMILES string of the molecule is O=C(SNN=C(c1ccccn1)c1ccccn1)c1ccccc1. The summed E-state index contributed by atoms with van der Waals surface area (Å²) in [5, 5.41) is 4.20. The number of carbonyl (C=O) groups is 1. The summed E-state index contributed by atoms with van der Waals surface area (Å²) in [5.74, 6) is 0. The molecule has 0 atom stereocenters. The monoisotopic (exact) mass is 334 g/mol. The van der Waals surface area contributed by atoms with Crippen molar-refractivity contribution in [3.8, 4) is 0 Å². The van der Waals surface area contributed by atoms with Crippen LogP contribution in [0, 0.1) is 0 Å². The van der Waals surface area contributed by atoms with Gasteiger partial charge in [0.2, 0.25) is 5.12 Å². The fourth-order valence-corrected chi connectivity index (χ4v) is 2.47. The fraction of sp³-hybridized carbons (Fsp3) is 0. The Hall–Kier alpha value is -2.99.